The van der Waals surface area contributed by atoms with Crippen LogP contribution in [0.15, 0.2) is 24.3 Å². The molecule has 0 amide bonds. The quantitative estimate of drug-likeness (QED) is 0.870. The summed E-state index contributed by atoms with van der Waals surface area (Å²) in [6.07, 6.45) is 0. The van der Waals surface area contributed by atoms with E-state index in [0.717, 1.165) is 29.3 Å². The Balaban J connectivity index is 2.15. The molecule has 96 valence electrons. The van der Waals surface area contributed by atoms with Crippen LogP contribution in [0, 0.1) is 12.8 Å². The predicted octanol–water partition coefficient (Wildman–Crippen LogP) is 3.00. The van der Waals surface area contributed by atoms with Crippen molar-refractivity contribution in [3.8, 4) is 17.0 Å². The van der Waals surface area contributed by atoms with Crippen LogP contribution in [-0.4, -0.2) is 16.6 Å². The molecule has 4 heteroatoms. The third kappa shape index (κ3) is 2.83. The number of nitrogens with zero attached hydrogens (tertiary/aromatic N) is 1. The molecular formula is C14H19N3O. The van der Waals surface area contributed by atoms with Gasteiger partial charge < -0.3 is 15.5 Å². The molecular weight excluding hydrogens is 226 g/mol. The minimum atomic E-state index is 0.447. The van der Waals surface area contributed by atoms with Crippen LogP contribution in [0.3, 0.4) is 0 Å². The second-order valence-corrected chi connectivity index (χ2v) is 4.82. The Bertz CT molecular complexity index is 514. The molecule has 4 nitrogen and oxygen atoms in total. The fourth-order valence-electron chi connectivity index (χ4n) is 1.74. The molecule has 0 atom stereocenters. The lowest BCUT2D eigenvalue weighted by Gasteiger charge is -2.08. The van der Waals surface area contributed by atoms with Gasteiger partial charge in [0.25, 0.3) is 0 Å². The lowest BCUT2D eigenvalue weighted by molar-refractivity contribution is 0.271. The van der Waals surface area contributed by atoms with Gasteiger partial charge in [0.1, 0.15) is 5.75 Å². The average Bonchev–Trinajstić information content (AvgIpc) is 2.66. The summed E-state index contributed by atoms with van der Waals surface area (Å²) in [6, 6.07) is 7.92. The highest BCUT2D eigenvalue weighted by Crippen LogP contribution is 2.24. The minimum absolute atomic E-state index is 0.447. The highest BCUT2D eigenvalue weighted by molar-refractivity contribution is 5.64. The van der Waals surface area contributed by atoms with Gasteiger partial charge in [-0.25, -0.2) is 4.98 Å². The molecule has 18 heavy (non-hydrogen) atoms. The van der Waals surface area contributed by atoms with Crippen LogP contribution in [-0.2, 0) is 0 Å². The maximum Gasteiger partial charge on any atom is 0.198 e. The van der Waals surface area contributed by atoms with E-state index < -0.39 is 0 Å². The van der Waals surface area contributed by atoms with Crippen LogP contribution in [0.5, 0.6) is 5.75 Å². The molecule has 0 aliphatic carbocycles. The van der Waals surface area contributed by atoms with Crippen molar-refractivity contribution in [2.75, 3.05) is 12.3 Å². The van der Waals surface area contributed by atoms with Gasteiger partial charge in [0.2, 0.25) is 0 Å². The number of nitrogens with one attached hydrogen (secondary N) is 1. The van der Waals surface area contributed by atoms with Gasteiger partial charge in [-0.1, -0.05) is 13.8 Å². The Labute approximate surface area is 107 Å². The number of H-pyrrole nitrogens is 1. The van der Waals surface area contributed by atoms with E-state index in [4.69, 9.17) is 10.5 Å². The van der Waals surface area contributed by atoms with Gasteiger partial charge in [0, 0.05) is 11.3 Å². The van der Waals surface area contributed by atoms with E-state index in [2.05, 4.69) is 23.8 Å². The number of imidazole rings is 1. The lowest BCUT2D eigenvalue weighted by Crippen LogP contribution is -2.04. The van der Waals surface area contributed by atoms with Gasteiger partial charge in [-0.05, 0) is 37.1 Å². The Morgan fingerprint density at radius 2 is 1.94 bits per heavy atom. The standard InChI is InChI=1S/C14H19N3O/c1-9(2)8-18-12-6-4-11(5-7-12)13-10(3)16-14(15)17-13/h4-7,9H,8H2,1-3H3,(H3,15,16,17). The molecule has 0 spiro atoms. The van der Waals surface area contributed by atoms with Crippen molar-refractivity contribution in [1.29, 1.82) is 0 Å². The van der Waals surface area contributed by atoms with Crippen LogP contribution < -0.4 is 10.5 Å². The first-order chi connectivity index (χ1) is 8.56. The molecule has 0 bridgehead atoms. The number of ether oxygens (including phenoxy) is 1. The fourth-order valence-corrected chi connectivity index (χ4v) is 1.74. The summed E-state index contributed by atoms with van der Waals surface area (Å²) in [7, 11) is 0. The van der Waals surface area contributed by atoms with E-state index in [1.807, 2.05) is 31.2 Å². The highest BCUT2D eigenvalue weighted by Gasteiger charge is 2.07. The molecule has 2 aromatic rings. The van der Waals surface area contributed by atoms with E-state index in [1.165, 1.54) is 0 Å². The first-order valence-corrected chi connectivity index (χ1v) is 6.11. The zero-order valence-corrected chi connectivity index (χ0v) is 11.0. The van der Waals surface area contributed by atoms with Crippen molar-refractivity contribution >= 4 is 5.95 Å². The van der Waals surface area contributed by atoms with Gasteiger partial charge in [0.05, 0.1) is 12.3 Å². The Morgan fingerprint density at radius 3 is 2.44 bits per heavy atom. The summed E-state index contributed by atoms with van der Waals surface area (Å²) in [4.78, 5) is 7.26. The fraction of sp³-hybridized carbons (Fsp3) is 0.357. The molecule has 1 aromatic carbocycles. The first-order valence-electron chi connectivity index (χ1n) is 6.11. The Kier molecular flexibility index (Phi) is 3.55. The number of nitrogen functional groups attached to an aromatic ring is 1. The summed E-state index contributed by atoms with van der Waals surface area (Å²) >= 11 is 0. The van der Waals surface area contributed by atoms with E-state index in [9.17, 15) is 0 Å². The molecule has 0 saturated carbocycles. The molecule has 3 N–H and O–H groups in total. The lowest BCUT2D eigenvalue weighted by atomic mass is 10.1. The maximum absolute atomic E-state index is 5.64. The highest BCUT2D eigenvalue weighted by atomic mass is 16.5. The van der Waals surface area contributed by atoms with Gasteiger partial charge in [-0.2, -0.15) is 0 Å². The van der Waals surface area contributed by atoms with Crippen molar-refractivity contribution in [1.82, 2.24) is 9.97 Å². The Morgan fingerprint density at radius 1 is 1.28 bits per heavy atom. The van der Waals surface area contributed by atoms with Crippen LogP contribution in [0.1, 0.15) is 19.5 Å². The van der Waals surface area contributed by atoms with Crippen molar-refractivity contribution in [3.63, 3.8) is 0 Å². The van der Waals surface area contributed by atoms with Crippen molar-refractivity contribution in [2.45, 2.75) is 20.8 Å². The zero-order chi connectivity index (χ0) is 13.1. The number of hydrogen-bond donors (Lipinski definition) is 2. The number of hydrogen-bond acceptors (Lipinski definition) is 3. The number of aromatic amines is 1. The molecule has 2 rings (SSSR count). The minimum Gasteiger partial charge on any atom is -0.493 e. The number of anilines is 1. The molecule has 1 heterocycles. The van der Waals surface area contributed by atoms with Crippen molar-refractivity contribution in [3.05, 3.63) is 30.0 Å². The summed E-state index contributed by atoms with van der Waals surface area (Å²) in [5.74, 6) is 1.86. The Hall–Kier alpha value is -1.97. The second-order valence-electron chi connectivity index (χ2n) is 4.82. The molecule has 1 aromatic heterocycles. The molecule has 0 unspecified atom stereocenters. The molecule has 0 radical (unpaired) electrons. The largest absolute Gasteiger partial charge is 0.493 e. The molecule has 0 aliphatic heterocycles. The number of aromatic nitrogens is 2. The smallest absolute Gasteiger partial charge is 0.198 e. The summed E-state index contributed by atoms with van der Waals surface area (Å²) in [5.41, 5.74) is 8.54. The summed E-state index contributed by atoms with van der Waals surface area (Å²) in [5, 5.41) is 0. The summed E-state index contributed by atoms with van der Waals surface area (Å²) in [6.45, 7) is 6.95. The van der Waals surface area contributed by atoms with Gasteiger partial charge >= 0.3 is 0 Å². The van der Waals surface area contributed by atoms with Crippen molar-refractivity contribution in [2.24, 2.45) is 5.92 Å². The average molecular weight is 245 g/mol. The molecule has 0 aliphatic rings. The third-order valence-electron chi connectivity index (χ3n) is 2.61. The maximum atomic E-state index is 5.64. The SMILES string of the molecule is Cc1[nH]c(N)nc1-c1ccc(OCC(C)C)cc1. The predicted molar refractivity (Wildman–Crippen MR) is 73.5 cm³/mol. The van der Waals surface area contributed by atoms with Crippen LogP contribution in [0.4, 0.5) is 5.95 Å². The van der Waals surface area contributed by atoms with Gasteiger partial charge in [0.15, 0.2) is 5.95 Å². The van der Waals surface area contributed by atoms with Crippen LogP contribution in [0.2, 0.25) is 0 Å². The number of aryl methyl sites for hydroxylation is 1. The van der Waals surface area contributed by atoms with E-state index in [0.29, 0.717) is 11.9 Å². The van der Waals surface area contributed by atoms with Gasteiger partial charge in [-0.3, -0.25) is 0 Å². The third-order valence-corrected chi connectivity index (χ3v) is 2.61. The first kappa shape index (κ1) is 12.5. The van der Waals surface area contributed by atoms with E-state index >= 15 is 0 Å². The number of nitrogens with two attached hydrogens (primary N) is 1. The zero-order valence-electron chi connectivity index (χ0n) is 11.0. The number of benzene rings is 1. The van der Waals surface area contributed by atoms with E-state index in [-0.39, 0.29) is 0 Å². The normalized spacial score (nSPS) is 10.9. The summed E-state index contributed by atoms with van der Waals surface area (Å²) < 4.78 is 5.64. The van der Waals surface area contributed by atoms with E-state index in [1.54, 1.807) is 0 Å². The number of rotatable bonds is 4. The topological polar surface area (TPSA) is 63.9 Å². The molecule has 0 fully saturated rings. The van der Waals surface area contributed by atoms with Crippen molar-refractivity contribution < 1.29 is 4.74 Å². The van der Waals surface area contributed by atoms with Crippen LogP contribution >= 0.6 is 0 Å². The second kappa shape index (κ2) is 5.12. The van der Waals surface area contributed by atoms with Gasteiger partial charge in [-0.15, -0.1) is 0 Å². The monoisotopic (exact) mass is 245 g/mol. The molecule has 0 saturated heterocycles. The van der Waals surface area contributed by atoms with Crippen LogP contribution in [0.25, 0.3) is 11.3 Å².